The standard InChI is InChI=1S/C27H33N3O3S.C6H13NO3S/c1-19-29-18-30(33-19)26-17-21(28)11-13-27(26,14-12-23-8-5-15-34-23)20-9-10-24(31-2)25(16-20)32-22-6-3-4-7-22;8-11(9,10)7-6-4-2-1-3-5-6/h5,8-10,15-16,18-19,21-22,26H,3-4,6-7,11,13,17,28H2,1-2H3;6-7H,1-5H2,(H,8,9,10)/t19?,21-,26?,27+;/m0./s1. The van der Waals surface area contributed by atoms with Gasteiger partial charge in [0.15, 0.2) is 17.7 Å². The number of ether oxygens (including phenoxy) is 2. The molecule has 1 aromatic heterocycles. The molecule has 3 saturated carbocycles. The number of nitrogens with one attached hydrogen (secondary N) is 1. The van der Waals surface area contributed by atoms with Gasteiger partial charge >= 0.3 is 10.3 Å². The van der Waals surface area contributed by atoms with Crippen LogP contribution in [0.3, 0.4) is 0 Å². The highest BCUT2D eigenvalue weighted by atomic mass is 32.2. The Morgan fingerprint density at radius 1 is 1.11 bits per heavy atom. The first-order valence-electron chi connectivity index (χ1n) is 16.1. The number of hydrogen-bond acceptors (Lipinski definition) is 9. The van der Waals surface area contributed by atoms with Gasteiger partial charge in [-0.1, -0.05) is 43.2 Å². The topological polar surface area (TPSA) is 136 Å². The highest BCUT2D eigenvalue weighted by molar-refractivity contribution is 7.83. The van der Waals surface area contributed by atoms with E-state index in [4.69, 9.17) is 24.6 Å². The molecule has 3 fully saturated rings. The van der Waals surface area contributed by atoms with Crippen LogP contribution in [0.5, 0.6) is 11.5 Å². The molecule has 0 radical (unpaired) electrons. The van der Waals surface area contributed by atoms with E-state index in [1.165, 1.54) is 19.3 Å². The number of thiophene rings is 1. The summed E-state index contributed by atoms with van der Waals surface area (Å²) in [4.78, 5) is 11.6. The van der Waals surface area contributed by atoms with E-state index in [0.29, 0.717) is 0 Å². The Bertz CT molecular complexity index is 1450. The van der Waals surface area contributed by atoms with Crippen LogP contribution >= 0.6 is 11.3 Å². The van der Waals surface area contributed by atoms with E-state index >= 15 is 0 Å². The Labute approximate surface area is 271 Å². The third kappa shape index (κ3) is 8.99. The Kier molecular flexibility index (Phi) is 11.4. The van der Waals surface area contributed by atoms with E-state index in [-0.39, 0.29) is 30.5 Å². The molecule has 4 atom stereocenters. The van der Waals surface area contributed by atoms with Gasteiger partial charge in [0.05, 0.1) is 29.5 Å². The number of aliphatic imine (C=N–C) groups is 1. The Hall–Kier alpha value is -2.66. The van der Waals surface area contributed by atoms with Crippen LogP contribution in [0.15, 0.2) is 40.7 Å². The van der Waals surface area contributed by atoms with Crippen LogP contribution in [0.1, 0.15) is 94.4 Å². The average Bonchev–Trinajstić information content (AvgIpc) is 3.81. The summed E-state index contributed by atoms with van der Waals surface area (Å²) in [6, 6.07) is 10.4. The van der Waals surface area contributed by atoms with E-state index in [0.717, 1.165) is 79.7 Å². The van der Waals surface area contributed by atoms with Crippen LogP contribution in [-0.2, 0) is 20.6 Å². The molecule has 2 unspecified atom stereocenters. The number of hydrogen-bond donors (Lipinski definition) is 3. The monoisotopic (exact) mass is 658 g/mol. The largest absolute Gasteiger partial charge is 0.493 e. The fourth-order valence-corrected chi connectivity index (χ4v) is 8.02. The van der Waals surface area contributed by atoms with Crippen molar-refractivity contribution in [2.24, 2.45) is 10.7 Å². The third-order valence-corrected chi connectivity index (χ3v) is 10.5. The number of nitrogens with two attached hydrogens (primary N) is 1. The van der Waals surface area contributed by atoms with Crippen molar-refractivity contribution in [2.45, 2.75) is 120 Å². The van der Waals surface area contributed by atoms with Crippen molar-refractivity contribution < 1.29 is 27.3 Å². The number of methoxy groups -OCH3 is 1. The normalized spacial score (nSPS) is 27.4. The second kappa shape index (κ2) is 15.3. The average molecular weight is 659 g/mol. The van der Waals surface area contributed by atoms with E-state index < -0.39 is 15.7 Å². The molecule has 6 rings (SSSR count). The number of rotatable bonds is 7. The summed E-state index contributed by atoms with van der Waals surface area (Å²) in [5, 5.41) is 3.94. The zero-order valence-electron chi connectivity index (χ0n) is 26.2. The zero-order chi connectivity index (χ0) is 31.9. The summed E-state index contributed by atoms with van der Waals surface area (Å²) in [5.74, 6) is 8.71. The van der Waals surface area contributed by atoms with Crippen molar-refractivity contribution in [1.82, 2.24) is 9.79 Å². The first-order valence-corrected chi connectivity index (χ1v) is 18.4. The Morgan fingerprint density at radius 2 is 1.87 bits per heavy atom. The van der Waals surface area contributed by atoms with Gasteiger partial charge in [-0.3, -0.25) is 4.55 Å². The lowest BCUT2D eigenvalue weighted by atomic mass is 9.65. The predicted molar refractivity (Wildman–Crippen MR) is 177 cm³/mol. The summed E-state index contributed by atoms with van der Waals surface area (Å²) in [5.41, 5.74) is 7.10. The lowest BCUT2D eigenvalue weighted by Crippen LogP contribution is -2.55. The molecular weight excluding hydrogens is 613 g/mol. The minimum Gasteiger partial charge on any atom is -0.493 e. The lowest BCUT2D eigenvalue weighted by molar-refractivity contribution is -0.155. The number of benzene rings is 1. The van der Waals surface area contributed by atoms with Gasteiger partial charge < -0.3 is 15.2 Å². The summed E-state index contributed by atoms with van der Waals surface area (Å²) in [6.45, 7) is 1.94. The molecule has 0 saturated heterocycles. The quantitative estimate of drug-likeness (QED) is 0.259. The summed E-state index contributed by atoms with van der Waals surface area (Å²) in [6.07, 6.45) is 13.9. The second-order valence-corrected chi connectivity index (χ2v) is 14.5. The first-order chi connectivity index (χ1) is 21.6. The second-order valence-electron chi connectivity index (χ2n) is 12.4. The molecule has 1 aliphatic heterocycles. The SMILES string of the molecule is COc1ccc([C@]2(C#Cc3cccs3)CC[C@H](N)CC2N2C=NC(C)O2)cc1OC1CCCC1.O=S(=O)(O)NC1CCCCC1. The van der Waals surface area contributed by atoms with Crippen molar-refractivity contribution in [2.75, 3.05) is 7.11 Å². The first kappa shape index (κ1) is 33.7. The summed E-state index contributed by atoms with van der Waals surface area (Å²) < 4.78 is 43.4. The van der Waals surface area contributed by atoms with Gasteiger partial charge in [0.25, 0.3) is 0 Å². The van der Waals surface area contributed by atoms with E-state index in [2.05, 4.69) is 45.1 Å². The number of hydroxylamine groups is 2. The van der Waals surface area contributed by atoms with Gasteiger partial charge in [0, 0.05) is 12.1 Å². The molecule has 12 heteroatoms. The summed E-state index contributed by atoms with van der Waals surface area (Å²) >= 11 is 1.66. The fraction of sp³-hybridized carbons (Fsp3) is 0.606. The molecule has 4 aliphatic rings. The van der Waals surface area contributed by atoms with E-state index in [1.807, 2.05) is 24.1 Å². The molecule has 2 aromatic rings. The fourth-order valence-electron chi connectivity index (χ4n) is 6.79. The van der Waals surface area contributed by atoms with Gasteiger partial charge in [-0.15, -0.1) is 11.3 Å². The van der Waals surface area contributed by atoms with Crippen molar-refractivity contribution in [1.29, 1.82) is 0 Å². The lowest BCUT2D eigenvalue weighted by Gasteiger charge is -2.46. The van der Waals surface area contributed by atoms with Crippen LogP contribution in [0.25, 0.3) is 0 Å². The van der Waals surface area contributed by atoms with Crippen molar-refractivity contribution in [3.05, 3.63) is 46.2 Å². The molecule has 2 heterocycles. The molecule has 1 aromatic carbocycles. The van der Waals surface area contributed by atoms with Gasteiger partial charge in [-0.2, -0.15) is 13.1 Å². The highest BCUT2D eigenvalue weighted by Crippen LogP contribution is 2.45. The van der Waals surface area contributed by atoms with Crippen LogP contribution in [0.2, 0.25) is 0 Å². The molecule has 0 spiro atoms. The minimum absolute atomic E-state index is 0.0428. The molecule has 246 valence electrons. The molecule has 10 nitrogen and oxygen atoms in total. The van der Waals surface area contributed by atoms with Gasteiger partial charge in [0.2, 0.25) is 0 Å². The molecule has 0 amide bonds. The maximum atomic E-state index is 10.3. The van der Waals surface area contributed by atoms with Gasteiger partial charge in [-0.25, -0.2) is 14.9 Å². The van der Waals surface area contributed by atoms with Crippen molar-refractivity contribution >= 4 is 28.0 Å². The molecule has 4 N–H and O–H groups in total. The van der Waals surface area contributed by atoms with E-state index in [1.54, 1.807) is 24.8 Å². The number of nitrogens with zero attached hydrogens (tertiary/aromatic N) is 2. The molecule has 3 aliphatic carbocycles. The van der Waals surface area contributed by atoms with Crippen LogP contribution < -0.4 is 19.9 Å². The molecule has 45 heavy (non-hydrogen) atoms. The molecular formula is C33H46N4O6S2. The molecule has 0 bridgehead atoms. The van der Waals surface area contributed by atoms with Crippen LogP contribution in [0.4, 0.5) is 0 Å². The maximum absolute atomic E-state index is 10.3. The van der Waals surface area contributed by atoms with Gasteiger partial charge in [0.1, 0.15) is 6.34 Å². The van der Waals surface area contributed by atoms with Crippen LogP contribution in [-0.4, -0.2) is 61.9 Å². The minimum atomic E-state index is -3.97. The zero-order valence-corrected chi connectivity index (χ0v) is 27.8. The highest BCUT2D eigenvalue weighted by Gasteiger charge is 2.48. The smallest absolute Gasteiger partial charge is 0.333 e. The van der Waals surface area contributed by atoms with Crippen molar-refractivity contribution in [3.63, 3.8) is 0 Å². The third-order valence-electron chi connectivity index (χ3n) is 9.10. The predicted octanol–water partition coefficient (Wildman–Crippen LogP) is 5.58. The van der Waals surface area contributed by atoms with Crippen LogP contribution in [0, 0.1) is 11.8 Å². The van der Waals surface area contributed by atoms with Gasteiger partial charge in [-0.05, 0) is 93.9 Å². The van der Waals surface area contributed by atoms with E-state index in [9.17, 15) is 8.42 Å². The Morgan fingerprint density at radius 3 is 2.51 bits per heavy atom. The maximum Gasteiger partial charge on any atom is 0.333 e. The Balaban J connectivity index is 0.000000309. The van der Waals surface area contributed by atoms with Crippen molar-refractivity contribution in [3.8, 4) is 23.3 Å². The summed E-state index contributed by atoms with van der Waals surface area (Å²) in [7, 11) is -2.28.